The van der Waals surface area contributed by atoms with Gasteiger partial charge in [-0.05, 0) is 48.2 Å². The van der Waals surface area contributed by atoms with Gasteiger partial charge in [-0.15, -0.1) is 11.3 Å². The number of thiazole rings is 1. The van der Waals surface area contributed by atoms with E-state index >= 15 is 0 Å². The average molecular weight is 484 g/mol. The van der Waals surface area contributed by atoms with Crippen LogP contribution >= 0.6 is 11.3 Å². The van der Waals surface area contributed by atoms with Gasteiger partial charge in [0.05, 0.1) is 17.3 Å². The van der Waals surface area contributed by atoms with E-state index in [1.54, 1.807) is 24.5 Å². The number of pyridine rings is 1. The fraction of sp³-hybridized carbons (Fsp3) is 0.185. The van der Waals surface area contributed by atoms with E-state index in [9.17, 15) is 9.59 Å². The highest BCUT2D eigenvalue weighted by atomic mass is 32.1. The van der Waals surface area contributed by atoms with Crippen LogP contribution in [0.25, 0.3) is 11.3 Å². The molecule has 3 N–H and O–H groups in total. The molecule has 176 valence electrons. The summed E-state index contributed by atoms with van der Waals surface area (Å²) in [5, 5.41) is 5.36. The molecule has 35 heavy (non-hydrogen) atoms. The third-order valence-corrected chi connectivity index (χ3v) is 6.89. The van der Waals surface area contributed by atoms with Crippen LogP contribution in [0.15, 0.2) is 78.4 Å². The fourth-order valence-electron chi connectivity index (χ4n) is 4.50. The van der Waals surface area contributed by atoms with Gasteiger partial charge in [-0.1, -0.05) is 36.4 Å². The van der Waals surface area contributed by atoms with Crippen molar-refractivity contribution in [2.45, 2.75) is 25.3 Å². The molecule has 0 saturated carbocycles. The van der Waals surface area contributed by atoms with Gasteiger partial charge in [0, 0.05) is 42.0 Å². The number of benzene rings is 2. The Kier molecular flexibility index (Phi) is 6.54. The number of aromatic nitrogens is 2. The summed E-state index contributed by atoms with van der Waals surface area (Å²) in [6, 6.07) is 19.2. The van der Waals surface area contributed by atoms with Crippen molar-refractivity contribution in [3.8, 4) is 11.3 Å². The van der Waals surface area contributed by atoms with Crippen LogP contribution in [-0.2, 0) is 11.2 Å². The molecule has 1 atom stereocenters. The summed E-state index contributed by atoms with van der Waals surface area (Å²) in [5.74, 6) is -0.259. The van der Waals surface area contributed by atoms with Crippen molar-refractivity contribution in [2.75, 3.05) is 17.6 Å². The molecule has 0 spiro atoms. The van der Waals surface area contributed by atoms with Crippen molar-refractivity contribution in [3.05, 3.63) is 95.1 Å². The molecule has 0 saturated heterocycles. The maximum absolute atomic E-state index is 13.4. The summed E-state index contributed by atoms with van der Waals surface area (Å²) in [4.78, 5) is 36.4. The average Bonchev–Trinajstić information content (AvgIpc) is 3.52. The quantitative estimate of drug-likeness (QED) is 0.387. The zero-order chi connectivity index (χ0) is 24.2. The topological polar surface area (TPSA) is 101 Å². The highest BCUT2D eigenvalue weighted by molar-refractivity contribution is 7.13. The van der Waals surface area contributed by atoms with Crippen LogP contribution < -0.4 is 11.1 Å². The minimum Gasteiger partial charge on any atom is -0.375 e. The van der Waals surface area contributed by atoms with Gasteiger partial charge in [-0.25, -0.2) is 4.98 Å². The molecule has 1 aliphatic rings. The Morgan fingerprint density at radius 1 is 1.09 bits per heavy atom. The molecule has 1 aliphatic carbocycles. The fourth-order valence-corrected chi connectivity index (χ4v) is 5.07. The number of nitrogens with zero attached hydrogens (tertiary/aromatic N) is 3. The molecule has 8 heteroatoms. The largest absolute Gasteiger partial charge is 0.375 e. The van der Waals surface area contributed by atoms with Gasteiger partial charge in [-0.3, -0.25) is 14.6 Å². The van der Waals surface area contributed by atoms with Gasteiger partial charge in [0.1, 0.15) is 0 Å². The number of anilines is 2. The normalized spacial score (nSPS) is 14.3. The van der Waals surface area contributed by atoms with Crippen LogP contribution in [0.1, 0.15) is 40.4 Å². The summed E-state index contributed by atoms with van der Waals surface area (Å²) in [6.45, 7) is 0.314. The number of nitrogens with one attached hydrogen (secondary N) is 1. The Balaban J connectivity index is 1.28. The molecule has 2 aromatic heterocycles. The molecule has 5 rings (SSSR count). The van der Waals surface area contributed by atoms with Crippen LogP contribution in [0.3, 0.4) is 0 Å². The van der Waals surface area contributed by atoms with Crippen molar-refractivity contribution in [3.63, 3.8) is 0 Å². The standard InChI is InChI=1S/C27H25N5O2S/c28-27-31-23(17-35-27)19-7-10-21(11-8-19)30-25(33)13-15-32(26(34)20-5-3-14-29-16-20)24-12-9-18-4-1-2-6-22(18)24/h1-8,10-11,14,16-17,24H,9,12-13,15H2,(H2,28,31)(H,30,33). The second kappa shape index (κ2) is 10.1. The third kappa shape index (κ3) is 5.07. The summed E-state index contributed by atoms with van der Waals surface area (Å²) in [5.41, 5.74) is 11.1. The summed E-state index contributed by atoms with van der Waals surface area (Å²) >= 11 is 1.39. The molecular formula is C27H25N5O2S. The zero-order valence-electron chi connectivity index (χ0n) is 19.1. The lowest BCUT2D eigenvalue weighted by atomic mass is 10.1. The SMILES string of the molecule is Nc1nc(-c2ccc(NC(=O)CCN(C(=O)c3cccnc3)C3CCc4ccccc43)cc2)cs1. The number of hydrogen-bond donors (Lipinski definition) is 2. The molecule has 2 heterocycles. The predicted molar refractivity (Wildman–Crippen MR) is 138 cm³/mol. The molecule has 4 aromatic rings. The van der Waals surface area contributed by atoms with Crippen molar-refractivity contribution in [1.29, 1.82) is 0 Å². The number of hydrogen-bond acceptors (Lipinski definition) is 6. The van der Waals surface area contributed by atoms with Gasteiger partial charge in [-0.2, -0.15) is 0 Å². The van der Waals surface area contributed by atoms with Crippen LogP contribution in [-0.4, -0.2) is 33.2 Å². The molecule has 0 bridgehead atoms. The molecular weight excluding hydrogens is 458 g/mol. The van der Waals surface area contributed by atoms with E-state index in [-0.39, 0.29) is 24.3 Å². The van der Waals surface area contributed by atoms with E-state index in [1.807, 2.05) is 46.7 Å². The Hall–Kier alpha value is -4.04. The number of aryl methyl sites for hydroxylation is 1. The number of nitrogens with two attached hydrogens (primary N) is 1. The van der Waals surface area contributed by atoms with Crippen molar-refractivity contribution in [1.82, 2.24) is 14.9 Å². The van der Waals surface area contributed by atoms with Gasteiger partial charge in [0.2, 0.25) is 5.91 Å². The Labute approximate surface area is 207 Å². The van der Waals surface area contributed by atoms with E-state index in [2.05, 4.69) is 27.4 Å². The zero-order valence-corrected chi connectivity index (χ0v) is 19.9. The minimum atomic E-state index is -0.147. The number of carbonyl (C=O) groups excluding carboxylic acids is 2. The predicted octanol–water partition coefficient (Wildman–Crippen LogP) is 4.95. The van der Waals surface area contributed by atoms with Gasteiger partial charge in [0.25, 0.3) is 5.91 Å². The molecule has 0 aliphatic heterocycles. The minimum absolute atomic E-state index is 0.0588. The first kappa shape index (κ1) is 22.7. The van der Waals surface area contributed by atoms with Gasteiger partial charge >= 0.3 is 0 Å². The molecule has 0 fully saturated rings. The highest BCUT2D eigenvalue weighted by Gasteiger charge is 2.31. The number of rotatable bonds is 7. The number of fused-ring (bicyclic) bond motifs is 1. The van der Waals surface area contributed by atoms with E-state index in [0.717, 1.165) is 29.7 Å². The number of nitrogen functional groups attached to an aromatic ring is 1. The first-order valence-electron chi connectivity index (χ1n) is 11.5. The molecule has 7 nitrogen and oxygen atoms in total. The highest BCUT2D eigenvalue weighted by Crippen LogP contribution is 2.36. The van der Waals surface area contributed by atoms with E-state index in [0.29, 0.717) is 22.9 Å². The number of carbonyl (C=O) groups is 2. The third-order valence-electron chi connectivity index (χ3n) is 6.21. The lowest BCUT2D eigenvalue weighted by Gasteiger charge is -2.30. The number of amides is 2. The summed E-state index contributed by atoms with van der Waals surface area (Å²) in [6.07, 6.45) is 5.17. The lowest BCUT2D eigenvalue weighted by molar-refractivity contribution is -0.116. The Morgan fingerprint density at radius 2 is 1.91 bits per heavy atom. The van der Waals surface area contributed by atoms with E-state index < -0.39 is 0 Å². The van der Waals surface area contributed by atoms with E-state index in [4.69, 9.17) is 5.73 Å². The second-order valence-corrected chi connectivity index (χ2v) is 9.33. The van der Waals surface area contributed by atoms with Crippen molar-refractivity contribution < 1.29 is 9.59 Å². The Bertz CT molecular complexity index is 1340. The Morgan fingerprint density at radius 3 is 2.66 bits per heavy atom. The van der Waals surface area contributed by atoms with Crippen LogP contribution in [0.5, 0.6) is 0 Å². The van der Waals surface area contributed by atoms with Gasteiger partial charge in [0.15, 0.2) is 5.13 Å². The maximum atomic E-state index is 13.4. The maximum Gasteiger partial charge on any atom is 0.255 e. The molecule has 0 radical (unpaired) electrons. The summed E-state index contributed by atoms with van der Waals surface area (Å²) < 4.78 is 0. The van der Waals surface area contributed by atoms with Crippen molar-refractivity contribution >= 4 is 34.0 Å². The molecule has 2 amide bonds. The van der Waals surface area contributed by atoms with Crippen molar-refractivity contribution in [2.24, 2.45) is 0 Å². The van der Waals surface area contributed by atoms with Crippen LogP contribution in [0, 0.1) is 0 Å². The smallest absolute Gasteiger partial charge is 0.255 e. The lowest BCUT2D eigenvalue weighted by Crippen LogP contribution is -2.36. The molecule has 1 unspecified atom stereocenters. The second-order valence-electron chi connectivity index (χ2n) is 8.44. The van der Waals surface area contributed by atoms with E-state index in [1.165, 1.54) is 16.9 Å². The molecule has 2 aromatic carbocycles. The first-order valence-corrected chi connectivity index (χ1v) is 12.4. The summed E-state index contributed by atoms with van der Waals surface area (Å²) in [7, 11) is 0. The van der Waals surface area contributed by atoms with Crippen LogP contribution in [0.4, 0.5) is 10.8 Å². The van der Waals surface area contributed by atoms with Gasteiger partial charge < -0.3 is 16.0 Å². The first-order chi connectivity index (χ1) is 17.1. The monoisotopic (exact) mass is 483 g/mol. The van der Waals surface area contributed by atoms with Crippen LogP contribution in [0.2, 0.25) is 0 Å².